The lowest BCUT2D eigenvalue weighted by Crippen LogP contribution is -2.38. The van der Waals surface area contributed by atoms with Gasteiger partial charge in [-0.3, -0.25) is 19.7 Å². The van der Waals surface area contributed by atoms with Crippen molar-refractivity contribution < 1.29 is 14.5 Å². The summed E-state index contributed by atoms with van der Waals surface area (Å²) in [5.74, 6) is -0.751. The molecule has 0 saturated carbocycles. The van der Waals surface area contributed by atoms with Crippen molar-refractivity contribution in [2.45, 2.75) is 6.17 Å². The van der Waals surface area contributed by atoms with Crippen LogP contribution < -0.4 is 10.6 Å². The van der Waals surface area contributed by atoms with E-state index in [-0.39, 0.29) is 28.4 Å². The second kappa shape index (κ2) is 6.58. The van der Waals surface area contributed by atoms with Gasteiger partial charge in [0, 0.05) is 17.8 Å². The van der Waals surface area contributed by atoms with E-state index in [1.807, 2.05) is 0 Å². The lowest BCUT2D eigenvalue weighted by Gasteiger charge is -2.16. The number of fused-ring (bicyclic) bond motifs is 1. The second-order valence-corrected chi connectivity index (χ2v) is 5.69. The van der Waals surface area contributed by atoms with Gasteiger partial charge in [-0.05, 0) is 6.07 Å². The minimum atomic E-state index is -0.652. The minimum absolute atomic E-state index is 0.0231. The van der Waals surface area contributed by atoms with Gasteiger partial charge in [0.15, 0.2) is 11.3 Å². The molecule has 0 fully saturated rings. The average Bonchev–Trinajstić information content (AvgIpc) is 3.02. The monoisotopic (exact) mass is 346 g/mol. The quantitative estimate of drug-likeness (QED) is 0.627. The zero-order chi connectivity index (χ0) is 17.1. The molecule has 1 aromatic rings. The molecule has 11 heteroatoms. The maximum Gasteiger partial charge on any atom is 0.271 e. The first kappa shape index (κ1) is 15.8. The third kappa shape index (κ3) is 3.46. The number of rotatable bonds is 4. The van der Waals surface area contributed by atoms with Gasteiger partial charge in [-0.1, -0.05) is 17.8 Å². The number of benzene rings is 1. The number of hydrogen-bond acceptors (Lipinski definition) is 8. The molecule has 1 unspecified atom stereocenters. The number of thioether (sulfide) groups is 1. The van der Waals surface area contributed by atoms with Crippen LogP contribution in [-0.2, 0) is 9.59 Å². The maximum absolute atomic E-state index is 11.9. The molecule has 2 amide bonds. The number of nitro groups is 1. The summed E-state index contributed by atoms with van der Waals surface area (Å²) in [6.45, 7) is 0. The number of amides is 2. The Morgan fingerprint density at radius 1 is 1.46 bits per heavy atom. The Kier molecular flexibility index (Phi) is 4.33. The zero-order valence-electron chi connectivity index (χ0n) is 12.0. The van der Waals surface area contributed by atoms with Crippen molar-refractivity contribution in [1.29, 1.82) is 0 Å². The number of non-ortho nitro benzene ring substituents is 1. The predicted octanol–water partition coefficient (Wildman–Crippen LogP) is 1.43. The van der Waals surface area contributed by atoms with E-state index in [1.165, 1.54) is 24.4 Å². The molecule has 122 valence electrons. The van der Waals surface area contributed by atoms with Crippen LogP contribution in [0.2, 0.25) is 0 Å². The third-order valence-corrected chi connectivity index (χ3v) is 3.94. The number of aliphatic imine (C=N–C) groups is 1. The summed E-state index contributed by atoms with van der Waals surface area (Å²) in [4.78, 5) is 38.0. The molecule has 2 heterocycles. The number of nitro benzene ring substituents is 1. The minimum Gasteiger partial charge on any atom is -0.325 e. The van der Waals surface area contributed by atoms with Gasteiger partial charge < -0.3 is 10.6 Å². The van der Waals surface area contributed by atoms with Crippen molar-refractivity contribution in [3.8, 4) is 0 Å². The summed E-state index contributed by atoms with van der Waals surface area (Å²) in [6.07, 6.45) is 0.695. The highest BCUT2D eigenvalue weighted by atomic mass is 32.2. The lowest BCUT2D eigenvalue weighted by atomic mass is 10.2. The molecule has 0 aromatic heterocycles. The summed E-state index contributed by atoms with van der Waals surface area (Å²) in [7, 11) is 0. The molecule has 2 aliphatic heterocycles. The summed E-state index contributed by atoms with van der Waals surface area (Å²) < 4.78 is 0. The molecule has 0 aliphatic carbocycles. The molecule has 0 radical (unpaired) electrons. The van der Waals surface area contributed by atoms with Gasteiger partial charge in [-0.15, -0.1) is 0 Å². The first-order valence-corrected chi connectivity index (χ1v) is 7.68. The highest BCUT2D eigenvalue weighted by Crippen LogP contribution is 2.22. The first-order valence-electron chi connectivity index (χ1n) is 6.69. The zero-order valence-corrected chi connectivity index (χ0v) is 12.8. The van der Waals surface area contributed by atoms with Crippen molar-refractivity contribution in [3.05, 3.63) is 46.2 Å². The van der Waals surface area contributed by atoms with Crippen molar-refractivity contribution >= 4 is 40.1 Å². The van der Waals surface area contributed by atoms with Gasteiger partial charge in [0.1, 0.15) is 0 Å². The number of carbonyl (C=O) groups excluding carboxylic acids is 2. The summed E-state index contributed by atoms with van der Waals surface area (Å²) in [6, 6.07) is 5.62. The standard InChI is InChI=1S/C13H10N6O4S/c20-10(15-7-2-1-3-8(4-7)19(22)23)6-24-13-16-11-9(5-14-18-11)12(21)17-13/h1-5,11H,6H2,(H,15,20)(H,16,17,21). The number of nitrogens with one attached hydrogen (secondary N) is 2. The molecule has 3 rings (SSSR count). The molecule has 1 aromatic carbocycles. The fourth-order valence-corrected chi connectivity index (χ4v) is 2.65. The number of amidine groups is 1. The molecule has 0 spiro atoms. The number of anilines is 1. The van der Waals surface area contributed by atoms with Gasteiger partial charge in [-0.2, -0.15) is 10.2 Å². The molecular formula is C13H10N6O4S. The van der Waals surface area contributed by atoms with Crippen molar-refractivity contribution in [2.24, 2.45) is 15.2 Å². The van der Waals surface area contributed by atoms with E-state index in [1.54, 1.807) is 6.07 Å². The molecule has 2 aliphatic rings. The van der Waals surface area contributed by atoms with Crippen LogP contribution in [0.5, 0.6) is 0 Å². The molecule has 10 nitrogen and oxygen atoms in total. The Labute approximate surface area is 139 Å². The molecule has 0 saturated heterocycles. The van der Waals surface area contributed by atoms with Gasteiger partial charge in [0.25, 0.3) is 11.6 Å². The van der Waals surface area contributed by atoms with Crippen LogP contribution in [0.15, 0.2) is 51.3 Å². The van der Waals surface area contributed by atoms with Crippen LogP contribution in [0.1, 0.15) is 0 Å². The summed E-state index contributed by atoms with van der Waals surface area (Å²) in [5, 5.41) is 23.5. The molecular weight excluding hydrogens is 336 g/mol. The van der Waals surface area contributed by atoms with Crippen molar-refractivity contribution in [1.82, 2.24) is 5.32 Å². The van der Waals surface area contributed by atoms with Crippen LogP contribution in [0.25, 0.3) is 0 Å². The van der Waals surface area contributed by atoms with E-state index >= 15 is 0 Å². The predicted molar refractivity (Wildman–Crippen MR) is 86.5 cm³/mol. The molecule has 1 atom stereocenters. The van der Waals surface area contributed by atoms with Gasteiger partial charge in [-0.25, -0.2) is 4.99 Å². The third-order valence-electron chi connectivity index (χ3n) is 3.05. The normalized spacial score (nSPS) is 18.3. The van der Waals surface area contributed by atoms with Crippen molar-refractivity contribution in [2.75, 3.05) is 11.1 Å². The number of azo groups is 1. The van der Waals surface area contributed by atoms with Crippen LogP contribution >= 0.6 is 11.8 Å². The highest BCUT2D eigenvalue weighted by molar-refractivity contribution is 8.14. The van der Waals surface area contributed by atoms with E-state index in [0.29, 0.717) is 11.3 Å². The van der Waals surface area contributed by atoms with E-state index in [4.69, 9.17) is 0 Å². The Morgan fingerprint density at radius 2 is 2.29 bits per heavy atom. The van der Waals surface area contributed by atoms with Gasteiger partial charge in [0.2, 0.25) is 5.91 Å². The second-order valence-electron chi connectivity index (χ2n) is 4.72. The summed E-state index contributed by atoms with van der Waals surface area (Å²) >= 11 is 1.03. The van der Waals surface area contributed by atoms with Gasteiger partial charge in [0.05, 0.1) is 22.4 Å². The van der Waals surface area contributed by atoms with Gasteiger partial charge >= 0.3 is 0 Å². The Morgan fingerprint density at radius 3 is 3.08 bits per heavy atom. The largest absolute Gasteiger partial charge is 0.325 e. The average molecular weight is 346 g/mol. The van der Waals surface area contributed by atoms with E-state index in [2.05, 4.69) is 25.9 Å². The summed E-state index contributed by atoms with van der Waals surface area (Å²) in [5.41, 5.74) is 0.565. The molecule has 0 bridgehead atoms. The molecule has 2 N–H and O–H groups in total. The fourth-order valence-electron chi connectivity index (χ4n) is 1.97. The number of carbonyl (C=O) groups is 2. The van der Waals surface area contributed by atoms with E-state index < -0.39 is 11.1 Å². The Hall–Kier alpha value is -3.08. The number of nitrogens with zero attached hydrogens (tertiary/aromatic N) is 4. The Bertz CT molecular complexity index is 818. The topological polar surface area (TPSA) is 138 Å². The van der Waals surface area contributed by atoms with E-state index in [9.17, 15) is 19.7 Å². The van der Waals surface area contributed by atoms with Crippen LogP contribution in [-0.4, -0.2) is 33.8 Å². The van der Waals surface area contributed by atoms with Crippen LogP contribution in [0.3, 0.4) is 0 Å². The van der Waals surface area contributed by atoms with E-state index in [0.717, 1.165) is 11.8 Å². The van der Waals surface area contributed by atoms with Crippen molar-refractivity contribution in [3.63, 3.8) is 0 Å². The molecule has 24 heavy (non-hydrogen) atoms. The van der Waals surface area contributed by atoms with Crippen LogP contribution in [0.4, 0.5) is 11.4 Å². The Balaban J connectivity index is 1.57. The SMILES string of the molecule is O=C(CSC1=NC2N=NC=C2C(=O)N1)Nc1cccc([N+](=O)[O-])c1. The lowest BCUT2D eigenvalue weighted by molar-refractivity contribution is -0.384. The fraction of sp³-hybridized carbons (Fsp3) is 0.154. The number of hydrogen-bond donors (Lipinski definition) is 2. The van der Waals surface area contributed by atoms with Crippen LogP contribution in [0, 0.1) is 10.1 Å². The first-order chi connectivity index (χ1) is 11.5. The smallest absolute Gasteiger partial charge is 0.271 e. The maximum atomic E-state index is 11.9. The highest BCUT2D eigenvalue weighted by Gasteiger charge is 2.29.